The third-order valence-electron chi connectivity index (χ3n) is 3.84. The van der Waals surface area contributed by atoms with Crippen molar-refractivity contribution in [2.75, 3.05) is 26.2 Å². The largest absolute Gasteiger partial charge is 0.484 e. The predicted molar refractivity (Wildman–Crippen MR) is 86.7 cm³/mol. The number of β-amino-alcohol motifs (C(OH)–C–C–N with tert-alkyl or cyclic N) is 1. The molecule has 1 unspecified atom stereocenters. The Balaban J connectivity index is 0.00000242. The van der Waals surface area contributed by atoms with Crippen LogP contribution in [0.2, 0.25) is 0 Å². The number of hydrogen-bond donors (Lipinski definition) is 1. The Morgan fingerprint density at radius 1 is 1.41 bits per heavy atom. The number of nitro benzene ring substituents is 1. The summed E-state index contributed by atoms with van der Waals surface area (Å²) in [6, 6.07) is 6.22. The summed E-state index contributed by atoms with van der Waals surface area (Å²) in [6.07, 6.45) is 1.66. The molecule has 2 rings (SSSR count). The topological polar surface area (TPSA) is 75.8 Å². The second kappa shape index (κ2) is 8.92. The van der Waals surface area contributed by atoms with Gasteiger partial charge in [-0.15, -0.1) is 12.4 Å². The van der Waals surface area contributed by atoms with Gasteiger partial charge in [0.15, 0.2) is 5.75 Å². The zero-order valence-electron chi connectivity index (χ0n) is 12.7. The predicted octanol–water partition coefficient (Wildman–Crippen LogP) is 2.49. The van der Waals surface area contributed by atoms with E-state index in [1.807, 2.05) is 0 Å². The van der Waals surface area contributed by atoms with Crippen LogP contribution in [-0.2, 0) is 0 Å². The molecule has 0 aliphatic carbocycles. The van der Waals surface area contributed by atoms with Crippen LogP contribution in [0.25, 0.3) is 0 Å². The van der Waals surface area contributed by atoms with Gasteiger partial charge in [-0.3, -0.25) is 10.1 Å². The molecule has 1 saturated heterocycles. The number of benzene rings is 1. The third kappa shape index (κ3) is 5.44. The first kappa shape index (κ1) is 18.7. The first-order chi connectivity index (χ1) is 10.1. The molecule has 22 heavy (non-hydrogen) atoms. The fourth-order valence-electron chi connectivity index (χ4n) is 2.51. The number of nitro groups is 1. The fraction of sp³-hybridized carbons (Fsp3) is 0.600. The van der Waals surface area contributed by atoms with Crippen molar-refractivity contribution in [2.24, 2.45) is 5.92 Å². The van der Waals surface area contributed by atoms with Gasteiger partial charge in [0.1, 0.15) is 12.7 Å². The lowest BCUT2D eigenvalue weighted by Crippen LogP contribution is -2.40. The van der Waals surface area contributed by atoms with Crippen molar-refractivity contribution in [3.05, 3.63) is 34.4 Å². The second-order valence-electron chi connectivity index (χ2n) is 5.67. The van der Waals surface area contributed by atoms with Crippen molar-refractivity contribution < 1.29 is 14.8 Å². The molecule has 0 saturated carbocycles. The monoisotopic (exact) mass is 330 g/mol. The Morgan fingerprint density at radius 2 is 2.05 bits per heavy atom. The molecule has 0 spiro atoms. The quantitative estimate of drug-likeness (QED) is 0.640. The summed E-state index contributed by atoms with van der Waals surface area (Å²) in [7, 11) is 0. The number of piperidine rings is 1. The molecule has 1 fully saturated rings. The van der Waals surface area contributed by atoms with E-state index in [0.29, 0.717) is 6.54 Å². The fourth-order valence-corrected chi connectivity index (χ4v) is 2.51. The number of rotatable bonds is 6. The number of hydrogen-bond acceptors (Lipinski definition) is 5. The lowest BCUT2D eigenvalue weighted by Gasteiger charge is -2.31. The van der Waals surface area contributed by atoms with Gasteiger partial charge in [0.25, 0.3) is 0 Å². The summed E-state index contributed by atoms with van der Waals surface area (Å²) in [5, 5.41) is 20.9. The number of halogens is 1. The van der Waals surface area contributed by atoms with Gasteiger partial charge in [-0.2, -0.15) is 0 Å². The van der Waals surface area contributed by atoms with Gasteiger partial charge in [0, 0.05) is 12.6 Å². The van der Waals surface area contributed by atoms with E-state index in [0.717, 1.165) is 31.8 Å². The maximum Gasteiger partial charge on any atom is 0.310 e. The van der Waals surface area contributed by atoms with Crippen molar-refractivity contribution in [3.63, 3.8) is 0 Å². The van der Waals surface area contributed by atoms with Crippen LogP contribution in [0.3, 0.4) is 0 Å². The van der Waals surface area contributed by atoms with Gasteiger partial charge in [-0.05, 0) is 37.9 Å². The molecular weight excluding hydrogens is 308 g/mol. The summed E-state index contributed by atoms with van der Waals surface area (Å²) in [6.45, 7) is 4.84. The first-order valence-corrected chi connectivity index (χ1v) is 7.33. The van der Waals surface area contributed by atoms with Crippen molar-refractivity contribution in [3.8, 4) is 5.75 Å². The Labute approximate surface area is 136 Å². The minimum atomic E-state index is -0.641. The van der Waals surface area contributed by atoms with Crippen molar-refractivity contribution in [1.29, 1.82) is 0 Å². The highest BCUT2D eigenvalue weighted by atomic mass is 35.5. The summed E-state index contributed by atoms with van der Waals surface area (Å²) in [4.78, 5) is 12.6. The van der Waals surface area contributed by atoms with Gasteiger partial charge in [0.2, 0.25) is 0 Å². The van der Waals surface area contributed by atoms with E-state index in [1.54, 1.807) is 18.2 Å². The highest BCUT2D eigenvalue weighted by Gasteiger charge is 2.20. The molecule has 0 amide bonds. The second-order valence-corrected chi connectivity index (χ2v) is 5.67. The molecule has 7 heteroatoms. The standard InChI is InChI=1S/C15H22N2O4.ClH/c1-12-6-8-16(9-7-12)10-13(18)11-21-15-5-3-2-4-14(15)17(19)20;/h2-5,12-13,18H,6-11H2,1H3;1H. The van der Waals surface area contributed by atoms with Crippen LogP contribution in [0.1, 0.15) is 19.8 Å². The molecule has 1 aromatic rings. The number of likely N-dealkylation sites (tertiary alicyclic amines) is 1. The number of aliphatic hydroxyl groups excluding tert-OH is 1. The summed E-state index contributed by atoms with van der Waals surface area (Å²) < 4.78 is 5.40. The Morgan fingerprint density at radius 3 is 2.68 bits per heavy atom. The van der Waals surface area contributed by atoms with Crippen LogP contribution >= 0.6 is 12.4 Å². The van der Waals surface area contributed by atoms with E-state index >= 15 is 0 Å². The van der Waals surface area contributed by atoms with E-state index in [1.165, 1.54) is 6.07 Å². The zero-order chi connectivity index (χ0) is 15.2. The summed E-state index contributed by atoms with van der Waals surface area (Å²) in [5.74, 6) is 0.954. The average Bonchev–Trinajstić information content (AvgIpc) is 2.48. The van der Waals surface area contributed by atoms with Gasteiger partial charge < -0.3 is 14.7 Å². The molecule has 6 nitrogen and oxygen atoms in total. The van der Waals surface area contributed by atoms with E-state index in [9.17, 15) is 15.2 Å². The van der Waals surface area contributed by atoms with Gasteiger partial charge in [-0.25, -0.2) is 0 Å². The molecule has 1 aliphatic heterocycles. The number of nitrogens with zero attached hydrogens (tertiary/aromatic N) is 2. The van der Waals surface area contributed by atoms with Crippen LogP contribution in [0.5, 0.6) is 5.75 Å². The van der Waals surface area contributed by atoms with Crippen LogP contribution in [0.15, 0.2) is 24.3 Å². The summed E-state index contributed by atoms with van der Waals surface area (Å²) >= 11 is 0. The van der Waals surface area contributed by atoms with Gasteiger partial charge >= 0.3 is 5.69 Å². The highest BCUT2D eigenvalue weighted by Crippen LogP contribution is 2.26. The molecule has 1 atom stereocenters. The van der Waals surface area contributed by atoms with Crippen LogP contribution in [0.4, 0.5) is 5.69 Å². The summed E-state index contributed by atoms with van der Waals surface area (Å²) in [5.41, 5.74) is -0.0727. The van der Waals surface area contributed by atoms with Crippen molar-refractivity contribution >= 4 is 18.1 Å². The van der Waals surface area contributed by atoms with Crippen LogP contribution in [-0.4, -0.2) is 47.3 Å². The van der Waals surface area contributed by atoms with Crippen LogP contribution < -0.4 is 4.74 Å². The molecule has 0 radical (unpaired) electrons. The van der Waals surface area contributed by atoms with Gasteiger partial charge in [0.05, 0.1) is 4.92 Å². The third-order valence-corrected chi connectivity index (χ3v) is 3.84. The molecule has 1 aromatic carbocycles. The SMILES string of the molecule is CC1CCN(CC(O)COc2ccccc2[N+](=O)[O-])CC1.Cl. The molecule has 1 aliphatic rings. The van der Waals surface area contributed by atoms with E-state index in [2.05, 4.69) is 11.8 Å². The molecule has 0 bridgehead atoms. The van der Waals surface area contributed by atoms with Crippen molar-refractivity contribution in [2.45, 2.75) is 25.9 Å². The highest BCUT2D eigenvalue weighted by molar-refractivity contribution is 5.85. The minimum Gasteiger partial charge on any atom is -0.484 e. The molecular formula is C15H23ClN2O4. The van der Waals surface area contributed by atoms with E-state index < -0.39 is 11.0 Å². The van der Waals surface area contributed by atoms with Gasteiger partial charge in [-0.1, -0.05) is 19.1 Å². The Bertz CT molecular complexity index is 478. The van der Waals surface area contributed by atoms with Crippen LogP contribution in [0, 0.1) is 16.0 Å². The normalized spacial score (nSPS) is 17.5. The lowest BCUT2D eigenvalue weighted by molar-refractivity contribution is -0.385. The zero-order valence-corrected chi connectivity index (χ0v) is 13.5. The Kier molecular flexibility index (Phi) is 7.58. The smallest absolute Gasteiger partial charge is 0.310 e. The number of para-hydroxylation sites is 2. The van der Waals surface area contributed by atoms with Crippen molar-refractivity contribution in [1.82, 2.24) is 4.90 Å². The Hall–Kier alpha value is -1.37. The van der Waals surface area contributed by atoms with E-state index in [4.69, 9.17) is 4.74 Å². The van der Waals surface area contributed by atoms with E-state index in [-0.39, 0.29) is 30.5 Å². The molecule has 0 aromatic heterocycles. The molecule has 1 N–H and O–H groups in total. The maximum atomic E-state index is 10.9. The first-order valence-electron chi connectivity index (χ1n) is 7.33. The molecule has 124 valence electrons. The lowest BCUT2D eigenvalue weighted by atomic mass is 9.99. The number of aliphatic hydroxyl groups is 1. The minimum absolute atomic E-state index is 0. The molecule has 1 heterocycles. The maximum absolute atomic E-state index is 10.9. The average molecular weight is 331 g/mol. The number of ether oxygens (including phenoxy) is 1.